The lowest BCUT2D eigenvalue weighted by Crippen LogP contribution is -2.43. The molecule has 1 aliphatic carbocycles. The molecule has 1 aliphatic rings. The van der Waals surface area contributed by atoms with Gasteiger partial charge < -0.3 is 10.4 Å². The number of nitrogens with one attached hydrogen (secondary N) is 1. The molecule has 0 aliphatic heterocycles. The molecule has 3 nitrogen and oxygen atoms in total. The Morgan fingerprint density at radius 3 is 2.90 bits per heavy atom. The highest BCUT2D eigenvalue weighted by atomic mass is 32.1. The summed E-state index contributed by atoms with van der Waals surface area (Å²) in [6, 6.07) is 8.43. The monoisotopic (exact) mass is 302 g/mol. The number of aromatic nitrogens is 1. The Hall–Kier alpha value is -1.23. The molecular weight excluding hydrogens is 280 g/mol. The predicted molar refractivity (Wildman–Crippen MR) is 86.6 cm³/mol. The Kier molecular flexibility index (Phi) is 4.11. The lowest BCUT2D eigenvalue weighted by atomic mass is 9.92. The Balaban J connectivity index is 1.76. The van der Waals surface area contributed by atoms with E-state index in [9.17, 15) is 5.11 Å². The maximum atomic E-state index is 9.96. The van der Waals surface area contributed by atoms with Crippen LogP contribution < -0.4 is 5.32 Å². The van der Waals surface area contributed by atoms with Crippen LogP contribution in [0.25, 0.3) is 0 Å². The maximum absolute atomic E-state index is 9.96. The van der Waals surface area contributed by atoms with E-state index in [2.05, 4.69) is 48.4 Å². The second kappa shape index (κ2) is 5.87. The zero-order valence-corrected chi connectivity index (χ0v) is 13.4. The highest BCUT2D eigenvalue weighted by molar-refractivity contribution is 7.11. The number of rotatable bonds is 5. The molecular formula is C17H22N2OS. The summed E-state index contributed by atoms with van der Waals surface area (Å²) < 4.78 is 0. The molecule has 1 aromatic carbocycles. The molecule has 0 fully saturated rings. The van der Waals surface area contributed by atoms with Gasteiger partial charge in [-0.1, -0.05) is 38.1 Å². The standard InChI is InChI=1S/C17H22N2OS/c1-12(2)16-18-9-14(21-16)10-19-17(11-20)8-7-13-5-3-4-6-15(13)17/h3-6,9,12,19-20H,7-8,10-11H2,1-2H3. The van der Waals surface area contributed by atoms with Crippen molar-refractivity contribution >= 4 is 11.3 Å². The van der Waals surface area contributed by atoms with E-state index in [1.54, 1.807) is 11.3 Å². The SMILES string of the molecule is CC(C)c1ncc(CNC2(CO)CCc3ccccc32)s1. The van der Waals surface area contributed by atoms with Crippen LogP contribution in [0.5, 0.6) is 0 Å². The van der Waals surface area contributed by atoms with Gasteiger partial charge in [-0.15, -0.1) is 11.3 Å². The largest absolute Gasteiger partial charge is 0.394 e. The molecule has 1 heterocycles. The number of aliphatic hydroxyl groups is 1. The van der Waals surface area contributed by atoms with E-state index in [0.717, 1.165) is 19.4 Å². The van der Waals surface area contributed by atoms with Gasteiger partial charge >= 0.3 is 0 Å². The van der Waals surface area contributed by atoms with Crippen molar-refractivity contribution in [3.05, 3.63) is 51.5 Å². The Morgan fingerprint density at radius 1 is 1.38 bits per heavy atom. The minimum absolute atomic E-state index is 0.139. The first-order valence-corrected chi connectivity index (χ1v) is 8.35. The van der Waals surface area contributed by atoms with Gasteiger partial charge in [-0.05, 0) is 24.0 Å². The summed E-state index contributed by atoms with van der Waals surface area (Å²) >= 11 is 1.76. The molecule has 1 atom stereocenters. The average molecular weight is 302 g/mol. The second-order valence-corrected chi connectivity index (χ2v) is 7.22. The second-order valence-electron chi connectivity index (χ2n) is 6.07. The highest BCUT2D eigenvalue weighted by Gasteiger charge is 2.37. The van der Waals surface area contributed by atoms with Crippen molar-refractivity contribution in [1.29, 1.82) is 0 Å². The molecule has 0 bridgehead atoms. The van der Waals surface area contributed by atoms with Gasteiger partial charge in [-0.3, -0.25) is 0 Å². The fourth-order valence-corrected chi connectivity index (χ4v) is 3.88. The van der Waals surface area contributed by atoms with Crippen LogP contribution in [0.3, 0.4) is 0 Å². The molecule has 3 rings (SSSR count). The van der Waals surface area contributed by atoms with E-state index in [-0.39, 0.29) is 12.1 Å². The van der Waals surface area contributed by atoms with Crippen molar-refractivity contribution in [1.82, 2.24) is 10.3 Å². The van der Waals surface area contributed by atoms with Gasteiger partial charge in [-0.2, -0.15) is 0 Å². The Morgan fingerprint density at radius 2 is 2.19 bits per heavy atom. The number of aliphatic hydroxyl groups excluding tert-OH is 1. The highest BCUT2D eigenvalue weighted by Crippen LogP contribution is 2.37. The minimum atomic E-state index is -0.293. The number of fused-ring (bicyclic) bond motifs is 1. The van der Waals surface area contributed by atoms with Crippen molar-refractivity contribution in [2.24, 2.45) is 0 Å². The van der Waals surface area contributed by atoms with Gasteiger partial charge in [0, 0.05) is 23.5 Å². The summed E-state index contributed by atoms with van der Waals surface area (Å²) in [5.41, 5.74) is 2.31. The summed E-state index contributed by atoms with van der Waals surface area (Å²) in [7, 11) is 0. The zero-order chi connectivity index (χ0) is 14.9. The number of hydrogen-bond donors (Lipinski definition) is 2. The van der Waals surface area contributed by atoms with Crippen molar-refractivity contribution < 1.29 is 5.11 Å². The fourth-order valence-electron chi connectivity index (χ4n) is 3.02. The molecule has 0 saturated heterocycles. The van der Waals surface area contributed by atoms with E-state index in [0.29, 0.717) is 5.92 Å². The van der Waals surface area contributed by atoms with Crippen molar-refractivity contribution in [3.8, 4) is 0 Å². The van der Waals surface area contributed by atoms with Crippen LogP contribution in [0.4, 0.5) is 0 Å². The predicted octanol–water partition coefficient (Wildman–Crippen LogP) is 3.19. The first-order chi connectivity index (χ1) is 10.1. The number of benzene rings is 1. The van der Waals surface area contributed by atoms with E-state index in [4.69, 9.17) is 0 Å². The molecule has 1 unspecified atom stereocenters. The van der Waals surface area contributed by atoms with Gasteiger partial charge in [0.15, 0.2) is 0 Å². The van der Waals surface area contributed by atoms with E-state index >= 15 is 0 Å². The van der Waals surface area contributed by atoms with E-state index < -0.39 is 0 Å². The molecule has 0 amide bonds. The summed E-state index contributed by atoms with van der Waals surface area (Å²) in [4.78, 5) is 5.70. The molecule has 2 N–H and O–H groups in total. The topological polar surface area (TPSA) is 45.2 Å². The maximum Gasteiger partial charge on any atom is 0.0953 e. The molecule has 1 aromatic heterocycles. The normalized spacial score (nSPS) is 21.0. The first-order valence-electron chi connectivity index (χ1n) is 7.53. The van der Waals surface area contributed by atoms with Gasteiger partial charge in [0.1, 0.15) is 0 Å². The number of aryl methyl sites for hydroxylation is 1. The molecule has 0 saturated carbocycles. The third-order valence-corrected chi connectivity index (χ3v) is 5.59. The summed E-state index contributed by atoms with van der Waals surface area (Å²) in [6.07, 6.45) is 3.95. The Labute approximate surface area is 130 Å². The fraction of sp³-hybridized carbons (Fsp3) is 0.471. The average Bonchev–Trinajstić information content (AvgIpc) is 3.11. The summed E-state index contributed by atoms with van der Waals surface area (Å²) in [6.45, 7) is 5.23. The number of thiazole rings is 1. The van der Waals surface area contributed by atoms with E-state index in [1.165, 1.54) is 21.0 Å². The van der Waals surface area contributed by atoms with Crippen LogP contribution in [0, 0.1) is 0 Å². The van der Waals surface area contributed by atoms with Crippen molar-refractivity contribution in [2.45, 2.75) is 44.7 Å². The molecule has 0 spiro atoms. The first kappa shape index (κ1) is 14.7. The van der Waals surface area contributed by atoms with Gasteiger partial charge in [0.25, 0.3) is 0 Å². The van der Waals surface area contributed by atoms with Crippen LogP contribution in [0.15, 0.2) is 30.5 Å². The molecule has 0 radical (unpaired) electrons. The van der Waals surface area contributed by atoms with Crippen molar-refractivity contribution in [2.75, 3.05) is 6.61 Å². The number of nitrogens with zero attached hydrogens (tertiary/aromatic N) is 1. The molecule has 2 aromatic rings. The van der Waals surface area contributed by atoms with Crippen molar-refractivity contribution in [3.63, 3.8) is 0 Å². The molecule has 21 heavy (non-hydrogen) atoms. The smallest absolute Gasteiger partial charge is 0.0953 e. The van der Waals surface area contributed by atoms with Gasteiger partial charge in [-0.25, -0.2) is 4.98 Å². The Bertz CT molecular complexity index is 623. The molecule has 4 heteroatoms. The third kappa shape index (κ3) is 2.76. The summed E-state index contributed by atoms with van der Waals surface area (Å²) in [5.74, 6) is 0.475. The van der Waals surface area contributed by atoms with E-state index in [1.807, 2.05) is 6.20 Å². The van der Waals surface area contributed by atoms with Crippen LogP contribution in [0.1, 0.15) is 47.2 Å². The van der Waals surface area contributed by atoms with Crippen LogP contribution in [-0.4, -0.2) is 16.7 Å². The number of hydrogen-bond acceptors (Lipinski definition) is 4. The minimum Gasteiger partial charge on any atom is -0.394 e. The molecule has 112 valence electrons. The zero-order valence-electron chi connectivity index (χ0n) is 12.6. The quantitative estimate of drug-likeness (QED) is 0.891. The lowest BCUT2D eigenvalue weighted by molar-refractivity contribution is 0.159. The van der Waals surface area contributed by atoms with Crippen LogP contribution >= 0.6 is 11.3 Å². The third-order valence-electron chi connectivity index (χ3n) is 4.29. The van der Waals surface area contributed by atoms with Gasteiger partial charge in [0.2, 0.25) is 0 Å². The van der Waals surface area contributed by atoms with Crippen LogP contribution in [0.2, 0.25) is 0 Å². The summed E-state index contributed by atoms with van der Waals surface area (Å²) in [5, 5.41) is 14.7. The van der Waals surface area contributed by atoms with Crippen LogP contribution in [-0.2, 0) is 18.5 Å². The lowest BCUT2D eigenvalue weighted by Gasteiger charge is -2.29. The van der Waals surface area contributed by atoms with Gasteiger partial charge in [0.05, 0.1) is 17.2 Å².